The zero-order valence-corrected chi connectivity index (χ0v) is 16.6. The van der Waals surface area contributed by atoms with Crippen molar-refractivity contribution in [3.8, 4) is 11.5 Å². The number of nitrogens with one attached hydrogen (secondary N) is 1. The van der Waals surface area contributed by atoms with Gasteiger partial charge in [-0.2, -0.15) is 0 Å². The number of anilines is 1. The second-order valence-electron chi connectivity index (χ2n) is 6.33. The van der Waals surface area contributed by atoms with Gasteiger partial charge in [-0.05, 0) is 56.2 Å². The minimum absolute atomic E-state index is 0.204. The van der Waals surface area contributed by atoms with Crippen molar-refractivity contribution in [2.24, 2.45) is 0 Å². The molecule has 1 heterocycles. The monoisotopic (exact) mass is 392 g/mol. The summed E-state index contributed by atoms with van der Waals surface area (Å²) in [6.07, 6.45) is 4.01. The fraction of sp³-hybridized carbons (Fsp3) is 0.217. The van der Waals surface area contributed by atoms with Crippen molar-refractivity contribution in [1.29, 1.82) is 0 Å². The molecule has 6 heteroatoms. The van der Waals surface area contributed by atoms with Gasteiger partial charge in [0.15, 0.2) is 11.5 Å². The number of benzene rings is 2. The summed E-state index contributed by atoms with van der Waals surface area (Å²) in [6, 6.07) is 12.1. The predicted molar refractivity (Wildman–Crippen MR) is 113 cm³/mol. The number of amides is 3. The Hall–Kier alpha value is -3.54. The summed E-state index contributed by atoms with van der Waals surface area (Å²) in [5, 5.41) is 2.65. The molecule has 1 aliphatic heterocycles. The van der Waals surface area contributed by atoms with Crippen molar-refractivity contribution in [2.45, 2.75) is 20.3 Å². The van der Waals surface area contributed by atoms with E-state index in [9.17, 15) is 9.59 Å². The molecule has 1 aliphatic rings. The van der Waals surface area contributed by atoms with E-state index in [2.05, 4.69) is 11.9 Å². The van der Waals surface area contributed by atoms with Crippen molar-refractivity contribution < 1.29 is 19.1 Å². The Morgan fingerprint density at radius 1 is 1.07 bits per heavy atom. The smallest absolute Gasteiger partial charge is 0.333 e. The van der Waals surface area contributed by atoms with E-state index in [1.165, 1.54) is 0 Å². The van der Waals surface area contributed by atoms with Crippen LogP contribution < -0.4 is 19.7 Å². The molecule has 0 bridgehead atoms. The van der Waals surface area contributed by atoms with Gasteiger partial charge in [0.1, 0.15) is 5.70 Å². The van der Waals surface area contributed by atoms with Gasteiger partial charge in [0, 0.05) is 5.56 Å². The van der Waals surface area contributed by atoms with Gasteiger partial charge in [-0.25, -0.2) is 9.69 Å². The highest BCUT2D eigenvalue weighted by atomic mass is 16.5. The molecule has 6 nitrogen and oxygen atoms in total. The molecular weight excluding hydrogens is 368 g/mol. The maximum Gasteiger partial charge on any atom is 0.333 e. The molecule has 0 aliphatic carbocycles. The third-order valence-corrected chi connectivity index (χ3v) is 4.31. The van der Waals surface area contributed by atoms with Crippen molar-refractivity contribution in [3.05, 3.63) is 71.9 Å². The predicted octanol–water partition coefficient (Wildman–Crippen LogP) is 4.31. The van der Waals surface area contributed by atoms with E-state index in [-0.39, 0.29) is 5.70 Å². The molecular formula is C23H24N2O4. The lowest BCUT2D eigenvalue weighted by molar-refractivity contribution is -0.113. The van der Waals surface area contributed by atoms with Crippen LogP contribution in [-0.2, 0) is 11.2 Å². The Kier molecular flexibility index (Phi) is 6.34. The van der Waals surface area contributed by atoms with Crippen LogP contribution in [0.1, 0.15) is 25.0 Å². The third kappa shape index (κ3) is 4.32. The third-order valence-electron chi connectivity index (χ3n) is 4.31. The highest BCUT2D eigenvalue weighted by Gasteiger charge is 2.34. The molecule has 1 fully saturated rings. The molecule has 0 atom stereocenters. The van der Waals surface area contributed by atoms with Crippen LogP contribution in [0, 0.1) is 0 Å². The first kappa shape index (κ1) is 20.2. The van der Waals surface area contributed by atoms with Crippen molar-refractivity contribution in [2.75, 3.05) is 18.1 Å². The van der Waals surface area contributed by atoms with Gasteiger partial charge in [-0.15, -0.1) is 6.58 Å². The summed E-state index contributed by atoms with van der Waals surface area (Å²) in [5.74, 6) is 0.861. The number of ether oxygens (including phenoxy) is 2. The second-order valence-corrected chi connectivity index (χ2v) is 6.33. The fourth-order valence-electron chi connectivity index (χ4n) is 3.16. The van der Waals surface area contributed by atoms with Crippen molar-refractivity contribution in [1.82, 2.24) is 5.32 Å². The zero-order valence-electron chi connectivity index (χ0n) is 16.6. The van der Waals surface area contributed by atoms with Gasteiger partial charge in [-0.3, -0.25) is 4.79 Å². The van der Waals surface area contributed by atoms with E-state index in [0.717, 1.165) is 16.0 Å². The molecule has 0 saturated carbocycles. The van der Waals surface area contributed by atoms with Gasteiger partial charge in [-0.1, -0.05) is 24.3 Å². The van der Waals surface area contributed by atoms with Crippen LogP contribution in [0.2, 0.25) is 0 Å². The molecule has 2 aromatic rings. The van der Waals surface area contributed by atoms with Gasteiger partial charge in [0.05, 0.1) is 18.9 Å². The lowest BCUT2D eigenvalue weighted by Gasteiger charge is -2.16. The van der Waals surface area contributed by atoms with Crippen LogP contribution in [0.5, 0.6) is 11.5 Å². The van der Waals surface area contributed by atoms with Crippen LogP contribution in [0.3, 0.4) is 0 Å². The van der Waals surface area contributed by atoms with Crippen molar-refractivity contribution >= 4 is 23.7 Å². The molecule has 0 aromatic heterocycles. The molecule has 1 saturated heterocycles. The number of allylic oxidation sites excluding steroid dienone is 1. The normalized spacial score (nSPS) is 14.8. The molecule has 29 heavy (non-hydrogen) atoms. The Morgan fingerprint density at radius 2 is 1.79 bits per heavy atom. The largest absolute Gasteiger partial charge is 0.490 e. The first-order valence-electron chi connectivity index (χ1n) is 9.54. The zero-order chi connectivity index (χ0) is 20.8. The van der Waals surface area contributed by atoms with Gasteiger partial charge in [0.25, 0.3) is 5.91 Å². The summed E-state index contributed by atoms with van der Waals surface area (Å²) in [6.45, 7) is 8.59. The van der Waals surface area contributed by atoms with E-state index < -0.39 is 11.9 Å². The average Bonchev–Trinajstić information content (AvgIpc) is 2.98. The maximum atomic E-state index is 12.8. The molecule has 1 N–H and O–H groups in total. The summed E-state index contributed by atoms with van der Waals surface area (Å²) < 4.78 is 11.5. The lowest BCUT2D eigenvalue weighted by atomic mass is 10.0. The number of rotatable bonds is 8. The Labute approximate surface area is 170 Å². The van der Waals surface area contributed by atoms with E-state index in [0.29, 0.717) is 36.8 Å². The Morgan fingerprint density at radius 3 is 2.45 bits per heavy atom. The first-order chi connectivity index (χ1) is 14.1. The van der Waals surface area contributed by atoms with E-state index in [4.69, 9.17) is 9.47 Å². The molecule has 2 aromatic carbocycles. The van der Waals surface area contributed by atoms with Crippen LogP contribution in [-0.4, -0.2) is 25.2 Å². The first-order valence-corrected chi connectivity index (χ1v) is 9.54. The molecule has 3 amide bonds. The molecule has 0 spiro atoms. The van der Waals surface area contributed by atoms with Gasteiger partial charge in [0.2, 0.25) is 0 Å². The second kappa shape index (κ2) is 9.10. The van der Waals surface area contributed by atoms with Gasteiger partial charge < -0.3 is 14.8 Å². The van der Waals surface area contributed by atoms with Crippen LogP contribution >= 0.6 is 0 Å². The van der Waals surface area contributed by atoms with Crippen molar-refractivity contribution in [3.63, 3.8) is 0 Å². The van der Waals surface area contributed by atoms with E-state index in [1.807, 2.05) is 26.0 Å². The van der Waals surface area contributed by atoms with E-state index >= 15 is 0 Å². The minimum atomic E-state index is -0.477. The maximum absolute atomic E-state index is 12.8. The number of carbonyl (C=O) groups is 2. The van der Waals surface area contributed by atoms with Crippen LogP contribution in [0.15, 0.2) is 60.8 Å². The molecule has 3 rings (SSSR count). The molecule has 150 valence electrons. The van der Waals surface area contributed by atoms with Crippen LogP contribution in [0.25, 0.3) is 6.08 Å². The lowest BCUT2D eigenvalue weighted by Crippen LogP contribution is -2.30. The number of hydrogen-bond donors (Lipinski definition) is 1. The highest BCUT2D eigenvalue weighted by molar-refractivity contribution is 6.28. The average molecular weight is 392 g/mol. The van der Waals surface area contributed by atoms with E-state index in [1.54, 1.807) is 42.5 Å². The van der Waals surface area contributed by atoms with Gasteiger partial charge >= 0.3 is 6.03 Å². The topological polar surface area (TPSA) is 67.9 Å². The molecule has 0 radical (unpaired) electrons. The number of hydrogen-bond acceptors (Lipinski definition) is 4. The number of imide groups is 1. The summed E-state index contributed by atoms with van der Waals surface area (Å²) in [5.41, 5.74) is 2.35. The molecule has 0 unspecified atom stereocenters. The SMILES string of the molecule is C=CCc1cc(/C=C2\NC(=O)N(c3ccccc3)C2=O)cc(OCC)c1OCC. The minimum Gasteiger partial charge on any atom is -0.490 e. The number of para-hydroxylation sites is 1. The number of urea groups is 1. The number of nitrogens with zero attached hydrogens (tertiary/aromatic N) is 1. The fourth-order valence-corrected chi connectivity index (χ4v) is 3.16. The standard InChI is InChI=1S/C23H24N2O4/c1-4-10-17-13-16(15-20(28-5-2)21(17)29-6-3)14-19-22(26)25(23(27)24-19)18-11-8-7-9-12-18/h4,7-9,11-15H,1,5-6,10H2,2-3H3,(H,24,27)/b19-14-. The summed E-state index contributed by atoms with van der Waals surface area (Å²) >= 11 is 0. The van der Waals surface area contributed by atoms with Crippen LogP contribution in [0.4, 0.5) is 10.5 Å². The Bertz CT molecular complexity index is 951. The number of carbonyl (C=O) groups excluding carboxylic acids is 2. The summed E-state index contributed by atoms with van der Waals surface area (Å²) in [7, 11) is 0. The summed E-state index contributed by atoms with van der Waals surface area (Å²) in [4.78, 5) is 26.3. The Balaban J connectivity index is 2.00. The highest BCUT2D eigenvalue weighted by Crippen LogP contribution is 2.35. The quantitative estimate of drug-likeness (QED) is 0.413.